The molecule has 0 heterocycles. The number of benzene rings is 1. The summed E-state index contributed by atoms with van der Waals surface area (Å²) in [6, 6.07) is 11.1. The van der Waals surface area contributed by atoms with Crippen molar-refractivity contribution in [3.63, 3.8) is 0 Å². The lowest BCUT2D eigenvalue weighted by Crippen LogP contribution is -2.48. The Morgan fingerprint density at radius 2 is 1.67 bits per heavy atom. The van der Waals surface area contributed by atoms with Gasteiger partial charge < -0.3 is 24.3 Å². The number of hydrogen-bond donors (Lipinski definition) is 2. The molecule has 0 radical (unpaired) electrons. The van der Waals surface area contributed by atoms with E-state index in [1.807, 2.05) is 25.1 Å². The van der Waals surface area contributed by atoms with Gasteiger partial charge in [-0.15, -0.1) is 0 Å². The molecule has 0 aliphatic rings. The molecule has 21 heavy (non-hydrogen) atoms. The van der Waals surface area contributed by atoms with Crippen molar-refractivity contribution in [2.24, 2.45) is 11.7 Å². The molecule has 120 valence electrons. The molecule has 1 aromatic carbocycles. The van der Waals surface area contributed by atoms with E-state index in [2.05, 4.69) is 17.4 Å². The van der Waals surface area contributed by atoms with Crippen LogP contribution in [0.3, 0.4) is 0 Å². The Labute approximate surface area is 129 Å². The van der Waals surface area contributed by atoms with Crippen LogP contribution in [0.2, 0.25) is 6.04 Å². The van der Waals surface area contributed by atoms with Gasteiger partial charge in [0.1, 0.15) is 0 Å². The molecule has 0 aromatic heterocycles. The van der Waals surface area contributed by atoms with Crippen molar-refractivity contribution in [1.82, 2.24) is 5.32 Å². The number of hydrogen-bond acceptors (Lipinski definition) is 5. The Bertz CT molecular complexity index is 378. The van der Waals surface area contributed by atoms with E-state index in [0.29, 0.717) is 6.04 Å². The Morgan fingerprint density at radius 1 is 1.10 bits per heavy atom. The molecular formula is C15H28N2O3Si. The van der Waals surface area contributed by atoms with E-state index in [-0.39, 0.29) is 12.0 Å². The summed E-state index contributed by atoms with van der Waals surface area (Å²) in [6.07, 6.45) is 0. The number of rotatable bonds is 10. The molecule has 0 fully saturated rings. The zero-order valence-corrected chi connectivity index (χ0v) is 14.5. The average Bonchev–Trinajstić information content (AvgIpc) is 2.52. The first-order chi connectivity index (χ1) is 10.1. The Morgan fingerprint density at radius 3 is 2.14 bits per heavy atom. The molecular weight excluding hydrogens is 284 g/mol. The summed E-state index contributed by atoms with van der Waals surface area (Å²) < 4.78 is 16.5. The predicted molar refractivity (Wildman–Crippen MR) is 86.9 cm³/mol. The molecule has 2 unspecified atom stereocenters. The molecule has 0 aliphatic heterocycles. The zero-order chi connectivity index (χ0) is 15.7. The molecule has 1 rings (SSSR count). The first kappa shape index (κ1) is 18.3. The lowest BCUT2D eigenvalue weighted by Gasteiger charge is -2.30. The maximum atomic E-state index is 6.10. The average molecular weight is 312 g/mol. The third-order valence-corrected chi connectivity index (χ3v) is 6.66. The Balaban J connectivity index is 2.54. The molecule has 6 heteroatoms. The summed E-state index contributed by atoms with van der Waals surface area (Å²) in [4.78, 5) is 0. The van der Waals surface area contributed by atoms with Crippen LogP contribution in [0.5, 0.6) is 0 Å². The molecule has 3 N–H and O–H groups in total. The van der Waals surface area contributed by atoms with Crippen molar-refractivity contribution in [1.29, 1.82) is 0 Å². The zero-order valence-electron chi connectivity index (χ0n) is 13.5. The van der Waals surface area contributed by atoms with Gasteiger partial charge in [-0.25, -0.2) is 0 Å². The van der Waals surface area contributed by atoms with Gasteiger partial charge in [-0.3, -0.25) is 0 Å². The summed E-state index contributed by atoms with van der Waals surface area (Å²) in [5, 5.41) is 3.45. The quantitative estimate of drug-likeness (QED) is 0.643. The first-order valence-corrected chi connectivity index (χ1v) is 9.15. The standard InChI is InChI=1S/C15H28N2O3Si/c1-13(16)15(12-21(18-2,19-3)20-4)11-17-10-14-8-6-5-7-9-14/h5-9,13,15,17H,10-12,16H2,1-4H3. The van der Waals surface area contributed by atoms with Gasteiger partial charge in [-0.1, -0.05) is 30.3 Å². The van der Waals surface area contributed by atoms with Crippen LogP contribution in [0.4, 0.5) is 0 Å². The Kier molecular flexibility index (Phi) is 8.09. The fourth-order valence-electron chi connectivity index (χ4n) is 2.26. The second kappa shape index (κ2) is 9.29. The van der Waals surface area contributed by atoms with Crippen LogP contribution in [-0.4, -0.2) is 42.7 Å². The molecule has 0 spiro atoms. The van der Waals surface area contributed by atoms with Crippen molar-refractivity contribution in [3.05, 3.63) is 35.9 Å². The third kappa shape index (κ3) is 5.86. The molecule has 0 bridgehead atoms. The van der Waals surface area contributed by atoms with Crippen molar-refractivity contribution < 1.29 is 13.3 Å². The van der Waals surface area contributed by atoms with E-state index in [0.717, 1.165) is 13.1 Å². The van der Waals surface area contributed by atoms with Gasteiger partial charge in [-0.2, -0.15) is 0 Å². The van der Waals surface area contributed by atoms with Crippen LogP contribution in [-0.2, 0) is 19.8 Å². The van der Waals surface area contributed by atoms with Gasteiger partial charge in [0.2, 0.25) is 0 Å². The fraction of sp³-hybridized carbons (Fsp3) is 0.600. The van der Waals surface area contributed by atoms with Gasteiger partial charge >= 0.3 is 8.80 Å². The monoisotopic (exact) mass is 312 g/mol. The predicted octanol–water partition coefficient (Wildman–Crippen LogP) is 1.62. The van der Waals surface area contributed by atoms with E-state index in [1.165, 1.54) is 5.56 Å². The molecule has 5 nitrogen and oxygen atoms in total. The van der Waals surface area contributed by atoms with E-state index in [4.69, 9.17) is 19.0 Å². The van der Waals surface area contributed by atoms with Crippen LogP contribution < -0.4 is 11.1 Å². The van der Waals surface area contributed by atoms with E-state index in [9.17, 15) is 0 Å². The van der Waals surface area contributed by atoms with Crippen LogP contribution in [0.25, 0.3) is 0 Å². The lowest BCUT2D eigenvalue weighted by molar-refractivity contribution is 0.116. The van der Waals surface area contributed by atoms with Crippen molar-refractivity contribution >= 4 is 8.80 Å². The van der Waals surface area contributed by atoms with Gasteiger partial charge in [0.05, 0.1) is 0 Å². The van der Waals surface area contributed by atoms with Gasteiger partial charge in [0.15, 0.2) is 0 Å². The van der Waals surface area contributed by atoms with E-state index in [1.54, 1.807) is 21.3 Å². The largest absolute Gasteiger partial charge is 0.500 e. The highest BCUT2D eigenvalue weighted by atomic mass is 28.4. The smallest absolute Gasteiger partial charge is 0.377 e. The minimum atomic E-state index is -2.59. The summed E-state index contributed by atoms with van der Waals surface area (Å²) in [5.41, 5.74) is 7.36. The highest BCUT2D eigenvalue weighted by molar-refractivity contribution is 6.60. The lowest BCUT2D eigenvalue weighted by atomic mass is 10.0. The highest BCUT2D eigenvalue weighted by Crippen LogP contribution is 2.21. The van der Waals surface area contributed by atoms with E-state index >= 15 is 0 Å². The van der Waals surface area contributed by atoms with Crippen LogP contribution in [0.15, 0.2) is 30.3 Å². The van der Waals surface area contributed by atoms with Gasteiger partial charge in [-0.05, 0) is 24.9 Å². The molecule has 1 aromatic rings. The molecule has 2 atom stereocenters. The molecule has 0 amide bonds. The van der Waals surface area contributed by atoms with E-state index < -0.39 is 8.80 Å². The van der Waals surface area contributed by atoms with Crippen LogP contribution >= 0.6 is 0 Å². The maximum Gasteiger partial charge on any atom is 0.500 e. The minimum absolute atomic E-state index is 0.0422. The SMILES string of the molecule is CO[Si](CC(CNCc1ccccc1)C(C)N)(OC)OC. The number of nitrogens with two attached hydrogens (primary N) is 1. The fourth-order valence-corrected chi connectivity index (χ4v) is 4.42. The topological polar surface area (TPSA) is 65.7 Å². The Hall–Kier alpha value is -0.763. The minimum Gasteiger partial charge on any atom is -0.377 e. The summed E-state index contributed by atoms with van der Waals surface area (Å²) in [5.74, 6) is 0.236. The summed E-state index contributed by atoms with van der Waals surface area (Å²) in [7, 11) is 2.31. The molecule has 0 saturated carbocycles. The van der Waals surface area contributed by atoms with Crippen molar-refractivity contribution in [3.8, 4) is 0 Å². The second-order valence-electron chi connectivity index (χ2n) is 5.24. The van der Waals surface area contributed by atoms with Crippen molar-refractivity contribution in [2.45, 2.75) is 25.6 Å². The third-order valence-electron chi connectivity index (χ3n) is 3.77. The summed E-state index contributed by atoms with van der Waals surface area (Å²) >= 11 is 0. The van der Waals surface area contributed by atoms with Gasteiger partial charge in [0.25, 0.3) is 0 Å². The maximum absolute atomic E-state index is 6.10. The first-order valence-electron chi connectivity index (χ1n) is 7.22. The van der Waals surface area contributed by atoms with Crippen LogP contribution in [0, 0.1) is 5.92 Å². The highest BCUT2D eigenvalue weighted by Gasteiger charge is 2.41. The second-order valence-corrected chi connectivity index (χ2v) is 8.23. The molecule has 0 saturated heterocycles. The normalized spacial score (nSPS) is 14.9. The molecule has 0 aliphatic carbocycles. The van der Waals surface area contributed by atoms with Crippen LogP contribution in [0.1, 0.15) is 12.5 Å². The van der Waals surface area contributed by atoms with Gasteiger partial charge in [0, 0.05) is 40.0 Å². The van der Waals surface area contributed by atoms with Crippen molar-refractivity contribution in [2.75, 3.05) is 27.9 Å². The summed E-state index contributed by atoms with van der Waals surface area (Å²) in [6.45, 7) is 3.64. The number of nitrogens with one attached hydrogen (secondary N) is 1.